The lowest BCUT2D eigenvalue weighted by molar-refractivity contribution is 0.0318. The molecule has 0 fully saturated rings. The Balaban J connectivity index is 2.07. The molecule has 0 radical (unpaired) electrons. The van der Waals surface area contributed by atoms with Gasteiger partial charge in [-0.1, -0.05) is 11.6 Å². The summed E-state index contributed by atoms with van der Waals surface area (Å²) in [7, 11) is 1.54. The number of carbonyl (C=O) groups excluding carboxylic acids is 2. The zero-order chi connectivity index (χ0) is 16.1. The summed E-state index contributed by atoms with van der Waals surface area (Å²) in [5.41, 5.74) is 0.553. The van der Waals surface area contributed by atoms with Crippen LogP contribution in [0.5, 0.6) is 5.75 Å². The highest BCUT2D eigenvalue weighted by Crippen LogP contribution is 2.16. The minimum absolute atomic E-state index is 0.0385. The third kappa shape index (κ3) is 3.62. The monoisotopic (exact) mass is 319 g/mol. The Kier molecular flexibility index (Phi) is 5.12. The summed E-state index contributed by atoms with van der Waals surface area (Å²) in [5, 5.41) is 0.0385. The molecule has 6 heteroatoms. The quantitative estimate of drug-likeness (QED) is 0.481. The van der Waals surface area contributed by atoms with E-state index >= 15 is 0 Å². The van der Waals surface area contributed by atoms with E-state index in [-0.39, 0.29) is 16.5 Å². The molecular weight excluding hydrogens is 306 g/mol. The van der Waals surface area contributed by atoms with Gasteiger partial charge in [0.15, 0.2) is 6.10 Å². The van der Waals surface area contributed by atoms with Gasteiger partial charge in [0.25, 0.3) is 0 Å². The van der Waals surface area contributed by atoms with Gasteiger partial charge >= 0.3 is 5.97 Å². The standard InChI is InChI=1S/C16H14ClNO4/c1-10(14(19)11-5-7-12(21-2)8-6-11)22-16(20)13-4-3-9-18-15(13)17/h3-10H,1-2H3/t10-/m0/s1. The van der Waals surface area contributed by atoms with Crippen molar-refractivity contribution in [3.05, 3.63) is 58.9 Å². The number of halogens is 1. The van der Waals surface area contributed by atoms with Gasteiger partial charge < -0.3 is 9.47 Å². The van der Waals surface area contributed by atoms with Crippen LogP contribution in [0.2, 0.25) is 5.15 Å². The van der Waals surface area contributed by atoms with Crippen molar-refractivity contribution in [2.45, 2.75) is 13.0 Å². The summed E-state index contributed by atoms with van der Waals surface area (Å²) in [5.74, 6) is -0.355. The van der Waals surface area contributed by atoms with Gasteiger partial charge in [0.05, 0.1) is 12.7 Å². The highest BCUT2D eigenvalue weighted by molar-refractivity contribution is 6.32. The summed E-state index contributed by atoms with van der Waals surface area (Å²) in [6.45, 7) is 1.51. The molecule has 0 aliphatic heterocycles. The Morgan fingerprint density at radius 2 is 1.86 bits per heavy atom. The topological polar surface area (TPSA) is 65.5 Å². The highest BCUT2D eigenvalue weighted by Gasteiger charge is 2.22. The number of esters is 1. The van der Waals surface area contributed by atoms with Crippen LogP contribution in [0.4, 0.5) is 0 Å². The Bertz CT molecular complexity index is 685. The van der Waals surface area contributed by atoms with E-state index in [0.29, 0.717) is 11.3 Å². The molecule has 22 heavy (non-hydrogen) atoms. The Labute approximate surface area is 132 Å². The van der Waals surface area contributed by atoms with Gasteiger partial charge in [0, 0.05) is 11.8 Å². The first-order chi connectivity index (χ1) is 10.5. The third-order valence-corrected chi connectivity index (χ3v) is 3.31. The molecule has 0 bridgehead atoms. The first-order valence-electron chi connectivity index (χ1n) is 6.52. The van der Waals surface area contributed by atoms with E-state index in [0.717, 1.165) is 0 Å². The number of carbonyl (C=O) groups is 2. The van der Waals surface area contributed by atoms with Gasteiger partial charge in [-0.2, -0.15) is 0 Å². The molecule has 1 aromatic carbocycles. The molecule has 0 N–H and O–H groups in total. The second kappa shape index (κ2) is 7.04. The van der Waals surface area contributed by atoms with Crippen LogP contribution in [0, 0.1) is 0 Å². The van der Waals surface area contributed by atoms with Gasteiger partial charge in [0.2, 0.25) is 5.78 Å². The number of pyridine rings is 1. The maximum absolute atomic E-state index is 12.2. The van der Waals surface area contributed by atoms with Crippen LogP contribution in [-0.4, -0.2) is 30.0 Å². The number of hydrogen-bond donors (Lipinski definition) is 0. The van der Waals surface area contributed by atoms with Crippen molar-refractivity contribution >= 4 is 23.4 Å². The second-order valence-electron chi connectivity index (χ2n) is 4.48. The van der Waals surface area contributed by atoms with Gasteiger partial charge in [0.1, 0.15) is 10.9 Å². The van der Waals surface area contributed by atoms with Gasteiger partial charge in [-0.25, -0.2) is 9.78 Å². The summed E-state index contributed by atoms with van der Waals surface area (Å²) in [6, 6.07) is 9.62. The maximum Gasteiger partial charge on any atom is 0.341 e. The van der Waals surface area contributed by atoms with E-state index in [1.807, 2.05) is 0 Å². The molecule has 5 nitrogen and oxygen atoms in total. The molecule has 0 spiro atoms. The number of nitrogens with zero attached hydrogens (tertiary/aromatic N) is 1. The van der Waals surface area contributed by atoms with E-state index in [4.69, 9.17) is 21.1 Å². The Morgan fingerprint density at radius 1 is 1.18 bits per heavy atom. The van der Waals surface area contributed by atoms with Crippen molar-refractivity contribution in [2.75, 3.05) is 7.11 Å². The lowest BCUT2D eigenvalue weighted by Crippen LogP contribution is -2.24. The molecule has 2 aromatic rings. The fraction of sp³-hybridized carbons (Fsp3) is 0.188. The van der Waals surface area contributed by atoms with Crippen LogP contribution in [0.1, 0.15) is 27.6 Å². The maximum atomic E-state index is 12.2. The Hall–Kier alpha value is -2.40. The number of ether oxygens (including phenoxy) is 2. The van der Waals surface area contributed by atoms with Crippen LogP contribution in [0.25, 0.3) is 0 Å². The highest BCUT2D eigenvalue weighted by atomic mass is 35.5. The molecule has 1 atom stereocenters. The summed E-state index contributed by atoms with van der Waals surface area (Å²) >= 11 is 5.82. The van der Waals surface area contributed by atoms with Crippen molar-refractivity contribution in [1.29, 1.82) is 0 Å². The number of benzene rings is 1. The number of rotatable bonds is 5. The number of ketones is 1. The molecule has 2 rings (SSSR count). The normalized spacial score (nSPS) is 11.6. The zero-order valence-corrected chi connectivity index (χ0v) is 12.8. The van der Waals surface area contributed by atoms with Crippen LogP contribution >= 0.6 is 11.6 Å². The average Bonchev–Trinajstić information content (AvgIpc) is 2.54. The minimum Gasteiger partial charge on any atom is -0.497 e. The first-order valence-corrected chi connectivity index (χ1v) is 6.90. The van der Waals surface area contributed by atoms with E-state index in [1.54, 1.807) is 37.4 Å². The second-order valence-corrected chi connectivity index (χ2v) is 4.84. The van der Waals surface area contributed by atoms with Gasteiger partial charge in [-0.3, -0.25) is 4.79 Å². The van der Waals surface area contributed by atoms with E-state index in [9.17, 15) is 9.59 Å². The molecule has 0 aliphatic rings. The zero-order valence-electron chi connectivity index (χ0n) is 12.1. The van der Waals surface area contributed by atoms with Gasteiger partial charge in [-0.05, 0) is 43.3 Å². The molecule has 0 aliphatic carbocycles. The van der Waals surface area contributed by atoms with Crippen molar-refractivity contribution in [3.63, 3.8) is 0 Å². The molecule has 0 saturated heterocycles. The summed E-state index contributed by atoms with van der Waals surface area (Å²) in [6.07, 6.45) is 0.530. The lowest BCUT2D eigenvalue weighted by atomic mass is 10.1. The van der Waals surface area contributed by atoms with Crippen molar-refractivity contribution in [1.82, 2.24) is 4.98 Å². The number of Topliss-reactive ketones (excluding diaryl/α,β-unsaturated/α-hetero) is 1. The molecule has 1 heterocycles. The predicted molar refractivity (Wildman–Crippen MR) is 81.4 cm³/mol. The fourth-order valence-electron chi connectivity index (χ4n) is 1.81. The van der Waals surface area contributed by atoms with Crippen LogP contribution < -0.4 is 4.74 Å². The number of hydrogen-bond acceptors (Lipinski definition) is 5. The lowest BCUT2D eigenvalue weighted by Gasteiger charge is -2.13. The molecule has 1 aromatic heterocycles. The fourth-order valence-corrected chi connectivity index (χ4v) is 2.00. The smallest absolute Gasteiger partial charge is 0.341 e. The van der Waals surface area contributed by atoms with Gasteiger partial charge in [-0.15, -0.1) is 0 Å². The van der Waals surface area contributed by atoms with Crippen molar-refractivity contribution in [2.24, 2.45) is 0 Å². The van der Waals surface area contributed by atoms with Crippen LogP contribution in [0.3, 0.4) is 0 Å². The minimum atomic E-state index is -0.933. The molecule has 0 unspecified atom stereocenters. The first kappa shape index (κ1) is 16.0. The molecule has 0 saturated carbocycles. The largest absolute Gasteiger partial charge is 0.497 e. The SMILES string of the molecule is COc1ccc(C(=O)[C@H](C)OC(=O)c2cccnc2Cl)cc1. The van der Waals surface area contributed by atoms with E-state index in [2.05, 4.69) is 4.98 Å². The predicted octanol–water partition coefficient (Wildman–Crippen LogP) is 3.17. The Morgan fingerprint density at radius 3 is 2.45 bits per heavy atom. The molecular formula is C16H14ClNO4. The third-order valence-electron chi connectivity index (χ3n) is 3.01. The number of aromatic nitrogens is 1. The van der Waals surface area contributed by atoms with E-state index in [1.165, 1.54) is 19.2 Å². The van der Waals surface area contributed by atoms with Crippen molar-refractivity contribution in [3.8, 4) is 5.75 Å². The van der Waals surface area contributed by atoms with E-state index < -0.39 is 12.1 Å². The van der Waals surface area contributed by atoms with Crippen molar-refractivity contribution < 1.29 is 19.1 Å². The molecule has 0 amide bonds. The van der Waals surface area contributed by atoms with Crippen LogP contribution in [-0.2, 0) is 4.74 Å². The number of methoxy groups -OCH3 is 1. The molecule has 114 valence electrons. The summed E-state index contributed by atoms with van der Waals surface area (Å²) in [4.78, 5) is 28.0. The van der Waals surface area contributed by atoms with Crippen LogP contribution in [0.15, 0.2) is 42.6 Å². The summed E-state index contributed by atoms with van der Waals surface area (Å²) < 4.78 is 10.2. The average molecular weight is 320 g/mol.